The number of amides is 1. The largest absolute Gasteiger partial charge is 0.383 e. The molecule has 3 aromatic heterocycles. The third kappa shape index (κ3) is 2.92. The van der Waals surface area contributed by atoms with Gasteiger partial charge in [0.25, 0.3) is 0 Å². The first-order valence-corrected chi connectivity index (χ1v) is 9.65. The number of pyridine rings is 1. The molecule has 0 saturated carbocycles. The number of anilines is 2. The van der Waals surface area contributed by atoms with Crippen molar-refractivity contribution < 1.29 is 13.6 Å². The van der Waals surface area contributed by atoms with Gasteiger partial charge in [-0.3, -0.25) is 9.20 Å². The highest BCUT2D eigenvalue weighted by Gasteiger charge is 2.42. The van der Waals surface area contributed by atoms with Crippen molar-refractivity contribution in [3.8, 4) is 11.5 Å². The summed E-state index contributed by atoms with van der Waals surface area (Å²) in [7, 11) is 0. The van der Waals surface area contributed by atoms with Gasteiger partial charge in [-0.15, -0.1) is 0 Å². The molecule has 0 unspecified atom stereocenters. The van der Waals surface area contributed by atoms with Gasteiger partial charge in [-0.1, -0.05) is 18.2 Å². The highest BCUT2D eigenvalue weighted by Crippen LogP contribution is 2.40. The zero-order valence-electron chi connectivity index (χ0n) is 16.8. The number of carbonyl (C=O) groups excluding carboxylic acids is 1. The molecular weight excluding hydrogens is 402 g/mol. The molecule has 156 valence electrons. The van der Waals surface area contributed by atoms with Crippen LogP contribution in [0.15, 0.2) is 42.6 Å². The van der Waals surface area contributed by atoms with Gasteiger partial charge in [0.1, 0.15) is 34.8 Å². The number of rotatable bonds is 3. The molecule has 31 heavy (non-hydrogen) atoms. The van der Waals surface area contributed by atoms with E-state index in [4.69, 9.17) is 5.73 Å². The highest BCUT2D eigenvalue weighted by molar-refractivity contribution is 6.06. The summed E-state index contributed by atoms with van der Waals surface area (Å²) >= 11 is 0. The van der Waals surface area contributed by atoms with Crippen LogP contribution in [-0.4, -0.2) is 25.3 Å². The number of aromatic nitrogens is 4. The van der Waals surface area contributed by atoms with Crippen LogP contribution in [-0.2, 0) is 16.6 Å². The van der Waals surface area contributed by atoms with E-state index >= 15 is 0 Å². The molecule has 0 bridgehead atoms. The number of nitrogens with two attached hydrogens (primary N) is 1. The molecule has 7 nitrogen and oxygen atoms in total. The maximum atomic E-state index is 14.2. The molecule has 0 spiro atoms. The molecule has 1 aliphatic heterocycles. The lowest BCUT2D eigenvalue weighted by Crippen LogP contribution is -2.27. The number of nitrogens with one attached hydrogen (secondary N) is 1. The summed E-state index contributed by atoms with van der Waals surface area (Å²) in [5, 5.41) is 2.74. The van der Waals surface area contributed by atoms with Crippen LogP contribution in [0, 0.1) is 11.6 Å². The van der Waals surface area contributed by atoms with Gasteiger partial charge in [-0.05, 0) is 37.6 Å². The van der Waals surface area contributed by atoms with Crippen molar-refractivity contribution >= 4 is 23.1 Å². The zero-order chi connectivity index (χ0) is 21.9. The van der Waals surface area contributed by atoms with E-state index in [-0.39, 0.29) is 29.8 Å². The normalized spacial score (nSPS) is 14.6. The minimum atomic E-state index is -0.854. The van der Waals surface area contributed by atoms with E-state index < -0.39 is 11.2 Å². The van der Waals surface area contributed by atoms with Gasteiger partial charge in [0, 0.05) is 12.6 Å². The average Bonchev–Trinajstić information content (AvgIpc) is 3.17. The van der Waals surface area contributed by atoms with Crippen LogP contribution in [0.5, 0.6) is 0 Å². The number of imidazole rings is 1. The molecule has 0 fully saturated rings. The SMILES string of the molecule is CC1(C)C(=O)Nc2nc(-c3nc(Cc4ccccc4F)n4cc(F)ccc34)nc(N)c21. The Morgan fingerprint density at radius 3 is 2.65 bits per heavy atom. The van der Waals surface area contributed by atoms with Crippen molar-refractivity contribution in [3.05, 3.63) is 71.2 Å². The number of hydrogen-bond donors (Lipinski definition) is 2. The Hall–Kier alpha value is -3.88. The van der Waals surface area contributed by atoms with Crippen LogP contribution in [0.4, 0.5) is 20.4 Å². The van der Waals surface area contributed by atoms with E-state index in [0.717, 1.165) is 0 Å². The Balaban J connectivity index is 1.69. The van der Waals surface area contributed by atoms with Crippen molar-refractivity contribution in [2.45, 2.75) is 25.7 Å². The van der Waals surface area contributed by atoms with Gasteiger partial charge in [0.05, 0.1) is 16.5 Å². The Morgan fingerprint density at radius 2 is 1.87 bits per heavy atom. The second kappa shape index (κ2) is 6.56. The van der Waals surface area contributed by atoms with Gasteiger partial charge < -0.3 is 11.1 Å². The van der Waals surface area contributed by atoms with E-state index in [9.17, 15) is 13.6 Å². The Bertz CT molecular complexity index is 1380. The molecule has 0 saturated heterocycles. The molecule has 3 N–H and O–H groups in total. The van der Waals surface area contributed by atoms with Crippen LogP contribution in [0.25, 0.3) is 17.0 Å². The van der Waals surface area contributed by atoms with Gasteiger partial charge in [-0.2, -0.15) is 0 Å². The van der Waals surface area contributed by atoms with Gasteiger partial charge in [-0.25, -0.2) is 23.7 Å². The van der Waals surface area contributed by atoms with E-state index in [1.54, 1.807) is 42.5 Å². The van der Waals surface area contributed by atoms with E-state index in [0.29, 0.717) is 34.0 Å². The molecular formula is C22H18F2N6O. The Morgan fingerprint density at radius 1 is 1.10 bits per heavy atom. The molecule has 4 aromatic rings. The lowest BCUT2D eigenvalue weighted by atomic mass is 9.87. The molecule has 1 aromatic carbocycles. The quantitative estimate of drug-likeness (QED) is 0.529. The fourth-order valence-electron chi connectivity index (χ4n) is 3.89. The third-order valence-corrected chi connectivity index (χ3v) is 5.55. The number of nitrogen functional groups attached to an aromatic ring is 1. The van der Waals surface area contributed by atoms with E-state index in [1.807, 2.05) is 0 Å². The summed E-state index contributed by atoms with van der Waals surface area (Å²) in [6.07, 6.45) is 1.42. The highest BCUT2D eigenvalue weighted by atomic mass is 19.1. The second-order valence-electron chi connectivity index (χ2n) is 7.98. The van der Waals surface area contributed by atoms with Crippen molar-refractivity contribution in [1.82, 2.24) is 19.4 Å². The first-order chi connectivity index (χ1) is 14.8. The molecule has 0 aliphatic carbocycles. The number of nitrogens with zero attached hydrogens (tertiary/aromatic N) is 4. The molecule has 9 heteroatoms. The topological polar surface area (TPSA) is 98.2 Å². The first-order valence-electron chi connectivity index (χ1n) is 9.65. The summed E-state index contributed by atoms with van der Waals surface area (Å²) in [4.78, 5) is 25.8. The summed E-state index contributed by atoms with van der Waals surface area (Å²) in [6.45, 7) is 3.49. The molecule has 0 atom stereocenters. The molecule has 4 heterocycles. The van der Waals surface area contributed by atoms with Crippen LogP contribution < -0.4 is 11.1 Å². The lowest BCUT2D eigenvalue weighted by Gasteiger charge is -2.16. The van der Waals surface area contributed by atoms with Crippen molar-refractivity contribution in [2.24, 2.45) is 0 Å². The fourth-order valence-corrected chi connectivity index (χ4v) is 3.89. The molecule has 1 amide bonds. The minimum Gasteiger partial charge on any atom is -0.383 e. The van der Waals surface area contributed by atoms with Crippen molar-refractivity contribution in [3.63, 3.8) is 0 Å². The van der Waals surface area contributed by atoms with Crippen LogP contribution in [0.1, 0.15) is 30.8 Å². The van der Waals surface area contributed by atoms with Crippen LogP contribution >= 0.6 is 0 Å². The van der Waals surface area contributed by atoms with Crippen LogP contribution in [0.3, 0.4) is 0 Å². The minimum absolute atomic E-state index is 0.140. The fraction of sp³-hybridized carbons (Fsp3) is 0.182. The third-order valence-electron chi connectivity index (χ3n) is 5.55. The summed E-state index contributed by atoms with van der Waals surface area (Å²) in [5.41, 5.74) is 7.18. The number of carbonyl (C=O) groups is 1. The maximum absolute atomic E-state index is 14.2. The second-order valence-corrected chi connectivity index (χ2v) is 7.98. The molecule has 5 rings (SSSR count). The summed E-state index contributed by atoms with van der Waals surface area (Å²) in [5.74, 6) is 0.0472. The predicted molar refractivity (Wildman–Crippen MR) is 111 cm³/mol. The number of halogens is 2. The van der Waals surface area contributed by atoms with Crippen molar-refractivity contribution in [1.29, 1.82) is 0 Å². The lowest BCUT2D eigenvalue weighted by molar-refractivity contribution is -0.119. The molecule has 0 radical (unpaired) electrons. The number of benzene rings is 1. The average molecular weight is 420 g/mol. The molecule has 1 aliphatic rings. The summed E-state index contributed by atoms with van der Waals surface area (Å²) < 4.78 is 29.7. The Kier molecular flexibility index (Phi) is 4.04. The standard InChI is InChI=1S/C22H18F2N6O/c1-22(2)16-18(25)27-20(28-19(16)29-21(22)31)17-14-8-7-12(23)10-30(14)15(26-17)9-11-5-3-4-6-13(11)24/h3-8,10H,9H2,1-2H3,(H3,25,27,28,29,31). The number of hydrogen-bond acceptors (Lipinski definition) is 5. The smallest absolute Gasteiger partial charge is 0.235 e. The van der Waals surface area contributed by atoms with Gasteiger partial charge >= 0.3 is 0 Å². The van der Waals surface area contributed by atoms with Crippen LogP contribution in [0.2, 0.25) is 0 Å². The van der Waals surface area contributed by atoms with Gasteiger partial charge in [0.2, 0.25) is 5.91 Å². The number of fused-ring (bicyclic) bond motifs is 2. The van der Waals surface area contributed by atoms with E-state index in [1.165, 1.54) is 18.3 Å². The zero-order valence-corrected chi connectivity index (χ0v) is 16.8. The Labute approximate surface area is 176 Å². The maximum Gasteiger partial charge on any atom is 0.235 e. The summed E-state index contributed by atoms with van der Waals surface area (Å²) in [6, 6.07) is 9.19. The van der Waals surface area contributed by atoms with Crippen molar-refractivity contribution in [2.75, 3.05) is 11.1 Å². The van der Waals surface area contributed by atoms with E-state index in [2.05, 4.69) is 20.3 Å². The first kappa shape index (κ1) is 19.1. The van der Waals surface area contributed by atoms with Gasteiger partial charge in [0.15, 0.2) is 5.82 Å². The predicted octanol–water partition coefficient (Wildman–Crippen LogP) is 3.47. The monoisotopic (exact) mass is 420 g/mol.